The van der Waals surface area contributed by atoms with Crippen LogP contribution >= 0.6 is 12.4 Å². The Labute approximate surface area is 132 Å². The lowest BCUT2D eigenvalue weighted by atomic mass is 10.0. The van der Waals surface area contributed by atoms with Crippen LogP contribution in [0.5, 0.6) is 0 Å². The summed E-state index contributed by atoms with van der Waals surface area (Å²) >= 11 is 0. The molecule has 21 heavy (non-hydrogen) atoms. The summed E-state index contributed by atoms with van der Waals surface area (Å²) in [6.07, 6.45) is 2.90. The SMILES string of the molecule is Cc1cc(C)cc(NC(=O)[C@@H]2CCCCN2CCF)c1.Cl. The zero-order valence-electron chi connectivity index (χ0n) is 12.7. The highest BCUT2D eigenvalue weighted by Crippen LogP contribution is 2.20. The fourth-order valence-electron chi connectivity index (χ4n) is 2.94. The average molecular weight is 315 g/mol. The quantitative estimate of drug-likeness (QED) is 0.922. The summed E-state index contributed by atoms with van der Waals surface area (Å²) in [4.78, 5) is 14.4. The monoisotopic (exact) mass is 314 g/mol. The van der Waals surface area contributed by atoms with Crippen molar-refractivity contribution in [3.05, 3.63) is 29.3 Å². The van der Waals surface area contributed by atoms with Gasteiger partial charge in [0.25, 0.3) is 0 Å². The number of hydrogen-bond acceptors (Lipinski definition) is 2. The standard InChI is InChI=1S/C16H23FN2O.ClH/c1-12-9-13(2)11-14(10-12)18-16(20)15-5-3-4-7-19(15)8-6-17;/h9-11,15H,3-8H2,1-2H3,(H,18,20);1H/t15-;/m0./s1. The molecule has 1 aliphatic rings. The highest BCUT2D eigenvalue weighted by atomic mass is 35.5. The fourth-order valence-corrected chi connectivity index (χ4v) is 2.94. The molecule has 5 heteroatoms. The number of hydrogen-bond donors (Lipinski definition) is 1. The molecule has 0 aliphatic carbocycles. The molecule has 0 radical (unpaired) electrons. The molecule has 1 aliphatic heterocycles. The Morgan fingerprint density at radius 1 is 1.29 bits per heavy atom. The third kappa shape index (κ3) is 4.97. The molecule has 0 bridgehead atoms. The summed E-state index contributed by atoms with van der Waals surface area (Å²) in [7, 11) is 0. The maximum absolute atomic E-state index is 12.6. The van der Waals surface area contributed by atoms with Gasteiger partial charge < -0.3 is 5.32 Å². The van der Waals surface area contributed by atoms with E-state index >= 15 is 0 Å². The highest BCUT2D eigenvalue weighted by molar-refractivity contribution is 5.95. The van der Waals surface area contributed by atoms with E-state index in [0.717, 1.165) is 42.6 Å². The second-order valence-corrected chi connectivity index (χ2v) is 5.60. The first-order valence-corrected chi connectivity index (χ1v) is 7.29. The Morgan fingerprint density at radius 2 is 1.95 bits per heavy atom. The first-order chi connectivity index (χ1) is 9.60. The van der Waals surface area contributed by atoms with E-state index in [9.17, 15) is 9.18 Å². The number of halogens is 2. The smallest absolute Gasteiger partial charge is 0.241 e. The van der Waals surface area contributed by atoms with Gasteiger partial charge in [0.15, 0.2) is 0 Å². The molecule has 0 unspecified atom stereocenters. The van der Waals surface area contributed by atoms with E-state index in [0.29, 0.717) is 6.54 Å². The van der Waals surface area contributed by atoms with Crippen LogP contribution in [-0.4, -0.2) is 36.6 Å². The van der Waals surface area contributed by atoms with Gasteiger partial charge in [0.1, 0.15) is 6.67 Å². The molecule has 1 amide bonds. The number of nitrogens with zero attached hydrogens (tertiary/aromatic N) is 1. The Bertz CT molecular complexity index is 459. The van der Waals surface area contributed by atoms with Crippen molar-refractivity contribution >= 4 is 24.0 Å². The summed E-state index contributed by atoms with van der Waals surface area (Å²) in [5.41, 5.74) is 3.09. The highest BCUT2D eigenvalue weighted by Gasteiger charge is 2.28. The molecule has 0 aromatic heterocycles. The van der Waals surface area contributed by atoms with Crippen molar-refractivity contribution in [3.8, 4) is 0 Å². The van der Waals surface area contributed by atoms with Crippen molar-refractivity contribution in [3.63, 3.8) is 0 Å². The fraction of sp³-hybridized carbons (Fsp3) is 0.562. The predicted molar refractivity (Wildman–Crippen MR) is 87.0 cm³/mol. The zero-order valence-corrected chi connectivity index (χ0v) is 13.5. The van der Waals surface area contributed by atoms with Crippen LogP contribution in [0.3, 0.4) is 0 Å². The Morgan fingerprint density at radius 3 is 2.57 bits per heavy atom. The Kier molecular flexibility index (Phi) is 7.12. The largest absolute Gasteiger partial charge is 0.325 e. The van der Waals surface area contributed by atoms with Gasteiger partial charge in [0.2, 0.25) is 5.91 Å². The van der Waals surface area contributed by atoms with E-state index in [-0.39, 0.29) is 24.4 Å². The van der Waals surface area contributed by atoms with Crippen LogP contribution in [0.4, 0.5) is 10.1 Å². The Hall–Kier alpha value is -1.13. The number of alkyl halides is 1. The van der Waals surface area contributed by atoms with Crippen LogP contribution in [0.15, 0.2) is 18.2 Å². The molecular weight excluding hydrogens is 291 g/mol. The van der Waals surface area contributed by atoms with Crippen LogP contribution < -0.4 is 5.32 Å². The van der Waals surface area contributed by atoms with E-state index in [1.165, 1.54) is 0 Å². The van der Waals surface area contributed by atoms with Crippen molar-refractivity contribution in [2.45, 2.75) is 39.2 Å². The maximum atomic E-state index is 12.6. The molecule has 1 aromatic rings. The molecule has 0 spiro atoms. The molecule has 1 atom stereocenters. The summed E-state index contributed by atoms with van der Waals surface area (Å²) in [6, 6.07) is 5.81. The van der Waals surface area contributed by atoms with Crippen LogP contribution in [-0.2, 0) is 4.79 Å². The molecule has 118 valence electrons. The molecule has 1 N–H and O–H groups in total. The first-order valence-electron chi connectivity index (χ1n) is 7.29. The number of carbonyl (C=O) groups is 1. The minimum absolute atomic E-state index is 0. The number of likely N-dealkylation sites (tertiary alicyclic amines) is 1. The normalized spacial score (nSPS) is 18.9. The maximum Gasteiger partial charge on any atom is 0.241 e. The molecule has 1 saturated heterocycles. The van der Waals surface area contributed by atoms with Gasteiger partial charge in [-0.15, -0.1) is 12.4 Å². The van der Waals surface area contributed by atoms with E-state index < -0.39 is 6.67 Å². The topological polar surface area (TPSA) is 32.3 Å². The van der Waals surface area contributed by atoms with Crippen LogP contribution in [0, 0.1) is 13.8 Å². The van der Waals surface area contributed by atoms with Gasteiger partial charge in [-0.25, -0.2) is 4.39 Å². The van der Waals surface area contributed by atoms with Gasteiger partial charge in [-0.3, -0.25) is 9.69 Å². The van der Waals surface area contributed by atoms with Crippen molar-refractivity contribution < 1.29 is 9.18 Å². The summed E-state index contributed by atoms with van der Waals surface area (Å²) in [5, 5.41) is 2.98. The summed E-state index contributed by atoms with van der Waals surface area (Å²) in [5.74, 6) is -0.0110. The zero-order chi connectivity index (χ0) is 14.5. The van der Waals surface area contributed by atoms with Crippen molar-refractivity contribution in [2.75, 3.05) is 25.1 Å². The van der Waals surface area contributed by atoms with Gasteiger partial charge in [0, 0.05) is 12.2 Å². The van der Waals surface area contributed by atoms with E-state index in [1.54, 1.807) is 0 Å². The van der Waals surface area contributed by atoms with Crippen LogP contribution in [0.25, 0.3) is 0 Å². The molecule has 1 heterocycles. The molecule has 3 nitrogen and oxygen atoms in total. The molecule has 0 saturated carbocycles. The minimum atomic E-state index is -0.396. The molecule has 1 fully saturated rings. The van der Waals surface area contributed by atoms with Crippen molar-refractivity contribution in [1.29, 1.82) is 0 Å². The lowest BCUT2D eigenvalue weighted by molar-refractivity contribution is -0.122. The first kappa shape index (κ1) is 17.9. The minimum Gasteiger partial charge on any atom is -0.325 e. The number of anilines is 1. The van der Waals surface area contributed by atoms with Gasteiger partial charge in [0.05, 0.1) is 6.04 Å². The molecule has 1 aromatic carbocycles. The van der Waals surface area contributed by atoms with Gasteiger partial charge in [-0.2, -0.15) is 0 Å². The Balaban J connectivity index is 0.00000220. The van der Waals surface area contributed by atoms with Crippen LogP contribution in [0.2, 0.25) is 0 Å². The van der Waals surface area contributed by atoms with E-state index in [2.05, 4.69) is 11.4 Å². The third-order valence-corrected chi connectivity index (χ3v) is 3.78. The second kappa shape index (κ2) is 8.35. The summed E-state index contributed by atoms with van der Waals surface area (Å²) < 4.78 is 12.6. The molecular formula is C16H24ClFN2O. The van der Waals surface area contributed by atoms with Gasteiger partial charge >= 0.3 is 0 Å². The number of piperidine rings is 1. The number of rotatable bonds is 4. The number of nitrogens with one attached hydrogen (secondary N) is 1. The third-order valence-electron chi connectivity index (χ3n) is 3.78. The average Bonchev–Trinajstić information content (AvgIpc) is 2.38. The molecule has 2 rings (SSSR count). The lowest BCUT2D eigenvalue weighted by Crippen LogP contribution is -2.47. The van der Waals surface area contributed by atoms with Gasteiger partial charge in [-0.05, 0) is 56.5 Å². The number of carbonyl (C=O) groups excluding carboxylic acids is 1. The van der Waals surface area contributed by atoms with E-state index in [4.69, 9.17) is 0 Å². The summed E-state index contributed by atoms with van der Waals surface area (Å²) in [6.45, 7) is 4.80. The van der Waals surface area contributed by atoms with Crippen LogP contribution in [0.1, 0.15) is 30.4 Å². The van der Waals surface area contributed by atoms with Crippen molar-refractivity contribution in [1.82, 2.24) is 4.90 Å². The number of amides is 1. The van der Waals surface area contributed by atoms with Gasteiger partial charge in [-0.1, -0.05) is 12.5 Å². The number of benzene rings is 1. The number of aryl methyl sites for hydroxylation is 2. The van der Waals surface area contributed by atoms with Crippen molar-refractivity contribution in [2.24, 2.45) is 0 Å². The van der Waals surface area contributed by atoms with E-state index in [1.807, 2.05) is 30.9 Å². The second-order valence-electron chi connectivity index (χ2n) is 5.60. The lowest BCUT2D eigenvalue weighted by Gasteiger charge is -2.33. The predicted octanol–water partition coefficient (Wildman–Crippen LogP) is 3.49.